The van der Waals surface area contributed by atoms with Gasteiger partial charge in [-0.15, -0.1) is 0 Å². The predicted octanol–water partition coefficient (Wildman–Crippen LogP) is 4.58. The Morgan fingerprint density at radius 2 is 1.57 bits per heavy atom. The smallest absolute Gasteiger partial charge is 0.137 e. The van der Waals surface area contributed by atoms with Crippen LogP contribution >= 0.6 is 0 Å². The number of hydrogen-bond donors (Lipinski definition) is 1. The summed E-state index contributed by atoms with van der Waals surface area (Å²) >= 11 is 0. The van der Waals surface area contributed by atoms with E-state index < -0.39 is 0 Å². The van der Waals surface area contributed by atoms with Crippen LogP contribution in [0.5, 0.6) is 5.75 Å². The van der Waals surface area contributed by atoms with Crippen LogP contribution in [0.15, 0.2) is 54.1 Å². The van der Waals surface area contributed by atoms with Gasteiger partial charge in [0.1, 0.15) is 18.2 Å². The van der Waals surface area contributed by atoms with E-state index in [0.717, 1.165) is 29.9 Å². The molecule has 1 fully saturated rings. The van der Waals surface area contributed by atoms with Crippen LogP contribution in [-0.2, 0) is 4.74 Å². The van der Waals surface area contributed by atoms with E-state index in [9.17, 15) is 0 Å². The first-order valence-electron chi connectivity index (χ1n) is 8.20. The van der Waals surface area contributed by atoms with E-state index >= 15 is 0 Å². The molecule has 3 rings (SSSR count). The molecular weight excluding hydrogens is 286 g/mol. The third-order valence-electron chi connectivity index (χ3n) is 4.15. The van der Waals surface area contributed by atoms with Gasteiger partial charge in [0.15, 0.2) is 0 Å². The van der Waals surface area contributed by atoms with Crippen LogP contribution in [0.3, 0.4) is 0 Å². The van der Waals surface area contributed by atoms with Crippen molar-refractivity contribution in [3.63, 3.8) is 0 Å². The summed E-state index contributed by atoms with van der Waals surface area (Å²) in [5, 5.41) is 0. The van der Waals surface area contributed by atoms with E-state index in [0.29, 0.717) is 6.61 Å². The molecule has 0 heterocycles. The summed E-state index contributed by atoms with van der Waals surface area (Å²) in [7, 11) is 0. The zero-order valence-electron chi connectivity index (χ0n) is 13.5. The van der Waals surface area contributed by atoms with Crippen LogP contribution in [0.25, 0.3) is 16.9 Å². The standard InChI is InChI=1S/C20H23NO2/c1-2-22-19-12-10-16(11-13-19)15-6-8-18(9-7-15)20(23-14-21)17-4-3-5-17/h6-13H,2-5,14,21H2,1H3. The molecule has 1 aliphatic rings. The minimum atomic E-state index is 0.222. The van der Waals surface area contributed by atoms with Crippen molar-refractivity contribution in [2.45, 2.75) is 26.2 Å². The molecule has 1 saturated carbocycles. The first kappa shape index (κ1) is 15.6. The summed E-state index contributed by atoms with van der Waals surface area (Å²) in [5.41, 5.74) is 10.4. The highest BCUT2D eigenvalue weighted by molar-refractivity contribution is 5.70. The number of hydrogen-bond acceptors (Lipinski definition) is 3. The van der Waals surface area contributed by atoms with E-state index in [2.05, 4.69) is 36.4 Å². The fourth-order valence-corrected chi connectivity index (χ4v) is 2.78. The normalized spacial score (nSPS) is 13.4. The molecule has 2 aromatic carbocycles. The zero-order chi connectivity index (χ0) is 16.1. The quantitative estimate of drug-likeness (QED) is 0.627. The molecule has 1 aliphatic carbocycles. The van der Waals surface area contributed by atoms with Crippen molar-refractivity contribution in [2.75, 3.05) is 13.3 Å². The van der Waals surface area contributed by atoms with Gasteiger partial charge < -0.3 is 9.47 Å². The van der Waals surface area contributed by atoms with Crippen molar-refractivity contribution in [3.8, 4) is 16.9 Å². The Bertz CT molecular complexity index is 666. The van der Waals surface area contributed by atoms with Gasteiger partial charge in [0.2, 0.25) is 0 Å². The summed E-state index contributed by atoms with van der Waals surface area (Å²) in [6.45, 7) is 2.90. The van der Waals surface area contributed by atoms with Crippen molar-refractivity contribution in [2.24, 2.45) is 5.73 Å². The van der Waals surface area contributed by atoms with Gasteiger partial charge in [-0.2, -0.15) is 0 Å². The molecule has 0 aliphatic heterocycles. The number of rotatable bonds is 6. The maximum absolute atomic E-state index is 5.66. The first-order chi connectivity index (χ1) is 11.3. The molecule has 3 heteroatoms. The molecule has 0 atom stereocenters. The lowest BCUT2D eigenvalue weighted by molar-refractivity contribution is 0.281. The van der Waals surface area contributed by atoms with E-state index in [1.165, 1.54) is 23.1 Å². The van der Waals surface area contributed by atoms with Gasteiger partial charge in [-0.05, 0) is 55.0 Å². The fourth-order valence-electron chi connectivity index (χ4n) is 2.78. The largest absolute Gasteiger partial charge is 0.494 e. The summed E-state index contributed by atoms with van der Waals surface area (Å²) in [5.74, 6) is 1.87. The molecule has 0 aromatic heterocycles. The molecule has 0 saturated heterocycles. The molecule has 0 bridgehead atoms. The number of ether oxygens (including phenoxy) is 2. The zero-order valence-corrected chi connectivity index (χ0v) is 13.5. The van der Waals surface area contributed by atoms with Crippen molar-refractivity contribution >= 4 is 5.76 Å². The minimum Gasteiger partial charge on any atom is -0.494 e. The maximum atomic E-state index is 5.66. The fraction of sp³-hybridized carbons (Fsp3) is 0.300. The molecule has 0 spiro atoms. The Morgan fingerprint density at radius 3 is 2.04 bits per heavy atom. The Balaban J connectivity index is 1.81. The molecule has 0 unspecified atom stereocenters. The number of nitrogens with two attached hydrogens (primary N) is 1. The van der Waals surface area contributed by atoms with Crippen molar-refractivity contribution in [3.05, 3.63) is 59.7 Å². The second-order valence-electron chi connectivity index (χ2n) is 5.63. The Hall–Kier alpha value is -2.26. The molecular formula is C20H23NO2. The highest BCUT2D eigenvalue weighted by Gasteiger charge is 2.17. The molecule has 2 N–H and O–H groups in total. The van der Waals surface area contributed by atoms with Gasteiger partial charge in [-0.1, -0.05) is 36.4 Å². The van der Waals surface area contributed by atoms with Crippen LogP contribution < -0.4 is 10.5 Å². The average molecular weight is 309 g/mol. The number of allylic oxidation sites excluding steroid dienone is 1. The van der Waals surface area contributed by atoms with Gasteiger partial charge in [0.25, 0.3) is 0 Å². The van der Waals surface area contributed by atoms with Crippen molar-refractivity contribution < 1.29 is 9.47 Å². The highest BCUT2D eigenvalue weighted by atomic mass is 16.5. The van der Waals surface area contributed by atoms with Crippen molar-refractivity contribution in [1.29, 1.82) is 0 Å². The van der Waals surface area contributed by atoms with Crippen molar-refractivity contribution in [1.82, 2.24) is 0 Å². The maximum Gasteiger partial charge on any atom is 0.137 e. The molecule has 0 amide bonds. The lowest BCUT2D eigenvalue weighted by Crippen LogP contribution is -2.09. The molecule has 3 nitrogen and oxygen atoms in total. The summed E-state index contributed by atoms with van der Waals surface area (Å²) in [6.07, 6.45) is 3.49. The summed E-state index contributed by atoms with van der Waals surface area (Å²) in [6, 6.07) is 16.7. The Kier molecular flexibility index (Phi) is 4.99. The molecule has 23 heavy (non-hydrogen) atoms. The van der Waals surface area contributed by atoms with Crippen LogP contribution in [0.2, 0.25) is 0 Å². The lowest BCUT2D eigenvalue weighted by atomic mass is 9.89. The van der Waals surface area contributed by atoms with Gasteiger partial charge in [-0.25, -0.2) is 0 Å². The van der Waals surface area contributed by atoms with E-state index in [-0.39, 0.29) is 6.73 Å². The molecule has 2 aromatic rings. The lowest BCUT2D eigenvalue weighted by Gasteiger charge is -2.22. The van der Waals surface area contributed by atoms with Crippen LogP contribution in [0.4, 0.5) is 0 Å². The highest BCUT2D eigenvalue weighted by Crippen LogP contribution is 2.34. The van der Waals surface area contributed by atoms with Crippen LogP contribution in [0, 0.1) is 0 Å². The first-order valence-corrected chi connectivity index (χ1v) is 8.20. The van der Waals surface area contributed by atoms with Crippen LogP contribution in [0.1, 0.15) is 31.7 Å². The Labute approximate surface area is 137 Å². The van der Waals surface area contributed by atoms with Gasteiger partial charge >= 0.3 is 0 Å². The SMILES string of the molecule is CCOc1ccc(-c2ccc(C(OCN)=C3CCC3)cc2)cc1. The van der Waals surface area contributed by atoms with E-state index in [1.54, 1.807) is 0 Å². The van der Waals surface area contributed by atoms with Gasteiger partial charge in [0, 0.05) is 5.56 Å². The molecule has 120 valence electrons. The third-order valence-corrected chi connectivity index (χ3v) is 4.15. The minimum absolute atomic E-state index is 0.222. The summed E-state index contributed by atoms with van der Waals surface area (Å²) < 4.78 is 11.1. The number of benzene rings is 2. The second-order valence-corrected chi connectivity index (χ2v) is 5.63. The molecule has 0 radical (unpaired) electrons. The Morgan fingerprint density at radius 1 is 0.957 bits per heavy atom. The van der Waals surface area contributed by atoms with E-state index in [4.69, 9.17) is 15.2 Å². The monoisotopic (exact) mass is 309 g/mol. The van der Waals surface area contributed by atoms with Gasteiger partial charge in [0.05, 0.1) is 6.61 Å². The second kappa shape index (κ2) is 7.34. The van der Waals surface area contributed by atoms with E-state index in [1.807, 2.05) is 19.1 Å². The van der Waals surface area contributed by atoms with Crippen LogP contribution in [-0.4, -0.2) is 13.3 Å². The third kappa shape index (κ3) is 3.57. The predicted molar refractivity (Wildman–Crippen MR) is 94.0 cm³/mol. The van der Waals surface area contributed by atoms with Gasteiger partial charge in [-0.3, -0.25) is 5.73 Å². The summed E-state index contributed by atoms with van der Waals surface area (Å²) in [4.78, 5) is 0. The average Bonchev–Trinajstić information content (AvgIpc) is 2.54. The topological polar surface area (TPSA) is 44.5 Å².